The highest BCUT2D eigenvalue weighted by Crippen LogP contribution is 2.07. The van der Waals surface area contributed by atoms with Gasteiger partial charge in [-0.25, -0.2) is 0 Å². The van der Waals surface area contributed by atoms with Crippen molar-refractivity contribution in [1.82, 2.24) is 10.2 Å². The standard InChI is InChI=1S/C13H18N2O/c1-2-15-10-12(14-9-13(15)16)8-11-6-4-3-5-7-11/h3-7,12,14H,2,8-10H2,1H3/t12-/m0/s1. The summed E-state index contributed by atoms with van der Waals surface area (Å²) in [4.78, 5) is 13.4. The van der Waals surface area contributed by atoms with E-state index in [1.54, 1.807) is 0 Å². The van der Waals surface area contributed by atoms with Crippen LogP contribution in [0, 0.1) is 0 Å². The molecule has 0 unspecified atom stereocenters. The Morgan fingerprint density at radius 1 is 1.38 bits per heavy atom. The molecule has 1 saturated heterocycles. The van der Waals surface area contributed by atoms with Gasteiger partial charge in [0.2, 0.25) is 5.91 Å². The van der Waals surface area contributed by atoms with Gasteiger partial charge in [-0.05, 0) is 18.9 Å². The lowest BCUT2D eigenvalue weighted by Gasteiger charge is -2.32. The summed E-state index contributed by atoms with van der Waals surface area (Å²) < 4.78 is 0. The Balaban J connectivity index is 1.94. The monoisotopic (exact) mass is 218 g/mol. The lowest BCUT2D eigenvalue weighted by molar-refractivity contribution is -0.132. The SMILES string of the molecule is CCN1C[C@H](Cc2ccccc2)NCC1=O. The van der Waals surface area contributed by atoms with E-state index in [1.807, 2.05) is 17.9 Å². The van der Waals surface area contributed by atoms with Crippen LogP contribution in [0.15, 0.2) is 30.3 Å². The van der Waals surface area contributed by atoms with E-state index in [-0.39, 0.29) is 5.91 Å². The van der Waals surface area contributed by atoms with Gasteiger partial charge in [-0.15, -0.1) is 0 Å². The molecule has 16 heavy (non-hydrogen) atoms. The lowest BCUT2D eigenvalue weighted by atomic mass is 10.0. The largest absolute Gasteiger partial charge is 0.340 e. The molecule has 2 rings (SSSR count). The van der Waals surface area contributed by atoms with Crippen LogP contribution in [0.5, 0.6) is 0 Å². The molecule has 1 atom stereocenters. The van der Waals surface area contributed by atoms with E-state index >= 15 is 0 Å². The van der Waals surface area contributed by atoms with Crippen LogP contribution in [0.4, 0.5) is 0 Å². The molecule has 1 aliphatic rings. The number of hydrogen-bond donors (Lipinski definition) is 1. The Hall–Kier alpha value is -1.35. The minimum Gasteiger partial charge on any atom is -0.340 e. The maximum Gasteiger partial charge on any atom is 0.236 e. The molecule has 0 aromatic heterocycles. The summed E-state index contributed by atoms with van der Waals surface area (Å²) in [5.74, 6) is 0.215. The topological polar surface area (TPSA) is 32.3 Å². The minimum absolute atomic E-state index is 0.215. The molecular weight excluding hydrogens is 200 g/mol. The molecule has 3 nitrogen and oxygen atoms in total. The molecule has 86 valence electrons. The molecule has 0 radical (unpaired) electrons. The fourth-order valence-electron chi connectivity index (χ4n) is 2.12. The number of carbonyl (C=O) groups excluding carboxylic acids is 1. The van der Waals surface area contributed by atoms with Crippen molar-refractivity contribution < 1.29 is 4.79 Å². The van der Waals surface area contributed by atoms with Gasteiger partial charge in [0.15, 0.2) is 0 Å². The van der Waals surface area contributed by atoms with E-state index in [0.717, 1.165) is 19.5 Å². The summed E-state index contributed by atoms with van der Waals surface area (Å²) >= 11 is 0. The van der Waals surface area contributed by atoms with E-state index in [1.165, 1.54) is 5.56 Å². The normalized spacial score (nSPS) is 21.2. The zero-order valence-corrected chi connectivity index (χ0v) is 9.65. The smallest absolute Gasteiger partial charge is 0.236 e. The lowest BCUT2D eigenvalue weighted by Crippen LogP contribution is -2.54. The van der Waals surface area contributed by atoms with E-state index in [0.29, 0.717) is 12.6 Å². The van der Waals surface area contributed by atoms with Crippen molar-refractivity contribution in [2.75, 3.05) is 19.6 Å². The van der Waals surface area contributed by atoms with Crippen molar-refractivity contribution >= 4 is 5.91 Å². The first kappa shape index (κ1) is 11.1. The van der Waals surface area contributed by atoms with Gasteiger partial charge < -0.3 is 10.2 Å². The Bertz CT molecular complexity index is 350. The quantitative estimate of drug-likeness (QED) is 0.822. The van der Waals surface area contributed by atoms with E-state index < -0.39 is 0 Å². The second-order valence-electron chi connectivity index (χ2n) is 4.20. The van der Waals surface area contributed by atoms with Crippen LogP contribution in [0.25, 0.3) is 0 Å². The molecule has 0 bridgehead atoms. The van der Waals surface area contributed by atoms with Crippen LogP contribution in [0.2, 0.25) is 0 Å². The van der Waals surface area contributed by atoms with Crippen LogP contribution in [-0.2, 0) is 11.2 Å². The molecule has 1 N–H and O–H groups in total. The Kier molecular flexibility index (Phi) is 3.57. The van der Waals surface area contributed by atoms with Gasteiger partial charge in [0, 0.05) is 19.1 Å². The molecule has 1 heterocycles. The summed E-state index contributed by atoms with van der Waals surface area (Å²) in [7, 11) is 0. The number of rotatable bonds is 3. The van der Waals surface area contributed by atoms with Gasteiger partial charge in [-0.1, -0.05) is 30.3 Å². The number of nitrogens with one attached hydrogen (secondary N) is 1. The fraction of sp³-hybridized carbons (Fsp3) is 0.462. The molecule has 1 aromatic rings. The van der Waals surface area contributed by atoms with E-state index in [9.17, 15) is 4.79 Å². The Labute approximate surface area is 96.5 Å². The molecular formula is C13H18N2O. The molecule has 1 aliphatic heterocycles. The van der Waals surface area contributed by atoms with Crippen molar-refractivity contribution in [3.8, 4) is 0 Å². The third-order valence-corrected chi connectivity index (χ3v) is 3.04. The first-order chi connectivity index (χ1) is 7.79. The predicted molar refractivity (Wildman–Crippen MR) is 64.2 cm³/mol. The predicted octanol–water partition coefficient (Wildman–Crippen LogP) is 1.05. The number of carbonyl (C=O) groups is 1. The highest BCUT2D eigenvalue weighted by molar-refractivity contribution is 5.79. The molecule has 3 heteroatoms. The van der Waals surface area contributed by atoms with Gasteiger partial charge in [0.25, 0.3) is 0 Å². The summed E-state index contributed by atoms with van der Waals surface area (Å²) in [6.07, 6.45) is 0.991. The molecule has 1 fully saturated rings. The number of nitrogens with zero attached hydrogens (tertiary/aromatic N) is 1. The zero-order chi connectivity index (χ0) is 11.4. The van der Waals surface area contributed by atoms with Gasteiger partial charge in [-0.2, -0.15) is 0 Å². The van der Waals surface area contributed by atoms with E-state index in [4.69, 9.17) is 0 Å². The number of hydrogen-bond acceptors (Lipinski definition) is 2. The Morgan fingerprint density at radius 3 is 2.81 bits per heavy atom. The Morgan fingerprint density at radius 2 is 2.12 bits per heavy atom. The summed E-state index contributed by atoms with van der Waals surface area (Å²) in [6.45, 7) is 4.14. The first-order valence-electron chi connectivity index (χ1n) is 5.84. The number of likely N-dealkylation sites (N-methyl/N-ethyl adjacent to an activating group) is 1. The van der Waals surface area contributed by atoms with Gasteiger partial charge >= 0.3 is 0 Å². The third-order valence-electron chi connectivity index (χ3n) is 3.04. The first-order valence-corrected chi connectivity index (χ1v) is 5.84. The molecule has 0 spiro atoms. The average molecular weight is 218 g/mol. The van der Waals surface area contributed by atoms with Crippen LogP contribution in [0.1, 0.15) is 12.5 Å². The zero-order valence-electron chi connectivity index (χ0n) is 9.65. The van der Waals surface area contributed by atoms with Gasteiger partial charge in [0.05, 0.1) is 6.54 Å². The maximum atomic E-state index is 11.5. The van der Waals surface area contributed by atoms with Crippen LogP contribution >= 0.6 is 0 Å². The van der Waals surface area contributed by atoms with E-state index in [2.05, 4.69) is 29.6 Å². The van der Waals surface area contributed by atoms with Crippen molar-refractivity contribution in [1.29, 1.82) is 0 Å². The molecule has 0 aliphatic carbocycles. The third kappa shape index (κ3) is 2.61. The number of amides is 1. The maximum absolute atomic E-state index is 11.5. The summed E-state index contributed by atoms with van der Waals surface area (Å²) in [5, 5.41) is 3.29. The van der Waals surface area contributed by atoms with Crippen LogP contribution in [0.3, 0.4) is 0 Å². The summed E-state index contributed by atoms with van der Waals surface area (Å²) in [5.41, 5.74) is 1.32. The fourth-order valence-corrected chi connectivity index (χ4v) is 2.12. The molecule has 0 saturated carbocycles. The van der Waals surface area contributed by atoms with Crippen molar-refractivity contribution in [3.63, 3.8) is 0 Å². The number of benzene rings is 1. The van der Waals surface area contributed by atoms with Crippen molar-refractivity contribution in [2.24, 2.45) is 0 Å². The molecule has 1 amide bonds. The summed E-state index contributed by atoms with van der Waals surface area (Å²) in [6, 6.07) is 10.8. The van der Waals surface area contributed by atoms with Crippen LogP contribution < -0.4 is 5.32 Å². The number of piperazine rings is 1. The highest BCUT2D eigenvalue weighted by atomic mass is 16.2. The van der Waals surface area contributed by atoms with Gasteiger partial charge in [-0.3, -0.25) is 4.79 Å². The van der Waals surface area contributed by atoms with Crippen molar-refractivity contribution in [3.05, 3.63) is 35.9 Å². The van der Waals surface area contributed by atoms with Crippen LogP contribution in [-0.4, -0.2) is 36.5 Å². The second-order valence-corrected chi connectivity index (χ2v) is 4.20. The van der Waals surface area contributed by atoms with Crippen molar-refractivity contribution in [2.45, 2.75) is 19.4 Å². The second kappa shape index (κ2) is 5.12. The molecule has 1 aromatic carbocycles. The highest BCUT2D eigenvalue weighted by Gasteiger charge is 2.23. The average Bonchev–Trinajstić information content (AvgIpc) is 2.33. The van der Waals surface area contributed by atoms with Gasteiger partial charge in [0.1, 0.15) is 0 Å². The minimum atomic E-state index is 0.215.